The van der Waals surface area contributed by atoms with Crippen LogP contribution < -0.4 is 0 Å². The lowest BCUT2D eigenvalue weighted by Gasteiger charge is -2.48. The van der Waals surface area contributed by atoms with Crippen LogP contribution in [0, 0.1) is 11.8 Å². The number of hydrogen-bond donors (Lipinski definition) is 1. The number of ether oxygens (including phenoxy) is 1. The molecule has 0 amide bonds. The van der Waals surface area contributed by atoms with E-state index in [1.165, 1.54) is 6.42 Å². The van der Waals surface area contributed by atoms with Gasteiger partial charge >= 0.3 is 5.97 Å². The predicted octanol–water partition coefficient (Wildman–Crippen LogP) is 4.04. The summed E-state index contributed by atoms with van der Waals surface area (Å²) in [4.78, 5) is 11.8. The van der Waals surface area contributed by atoms with Crippen molar-refractivity contribution in [2.45, 2.75) is 44.1 Å². The summed E-state index contributed by atoms with van der Waals surface area (Å²) in [7, 11) is 0. The largest absolute Gasteiger partial charge is 0.481 e. The van der Waals surface area contributed by atoms with Gasteiger partial charge in [-0.1, -0.05) is 28.1 Å². The number of halogens is 1. The molecule has 1 heterocycles. The quantitative estimate of drug-likeness (QED) is 0.889. The first-order chi connectivity index (χ1) is 10.1. The Labute approximate surface area is 133 Å². The fourth-order valence-corrected chi connectivity index (χ4v) is 4.15. The number of benzene rings is 1. The maximum absolute atomic E-state index is 11.8. The van der Waals surface area contributed by atoms with E-state index in [-0.39, 0.29) is 17.4 Å². The Balaban J connectivity index is 1.73. The third kappa shape index (κ3) is 3.32. The predicted molar refractivity (Wildman–Crippen MR) is 84.2 cm³/mol. The molecule has 2 aliphatic rings. The molecule has 3 rings (SSSR count). The normalized spacial score (nSPS) is 25.3. The van der Waals surface area contributed by atoms with E-state index in [0.29, 0.717) is 13.0 Å². The standard InChI is InChI=1S/C17H21BrO3/c18-14-4-1-3-12(9-14)10-15(16(19)20)13-5-8-21-17(11-13)6-2-7-17/h1,3-4,9,13,15H,2,5-8,10-11H2,(H,19,20). The first-order valence-corrected chi connectivity index (χ1v) is 8.48. The lowest BCUT2D eigenvalue weighted by molar-refractivity contribution is -0.162. The van der Waals surface area contributed by atoms with Crippen LogP contribution in [0.2, 0.25) is 0 Å². The van der Waals surface area contributed by atoms with E-state index < -0.39 is 5.97 Å². The molecule has 1 aromatic carbocycles. The summed E-state index contributed by atoms with van der Waals surface area (Å²) in [5.41, 5.74) is 1.10. The van der Waals surface area contributed by atoms with E-state index in [1.54, 1.807) is 0 Å². The van der Waals surface area contributed by atoms with Gasteiger partial charge in [0.1, 0.15) is 0 Å². The summed E-state index contributed by atoms with van der Waals surface area (Å²) in [6, 6.07) is 7.97. The summed E-state index contributed by atoms with van der Waals surface area (Å²) in [5.74, 6) is -0.743. The second-order valence-corrected chi connectivity index (χ2v) is 7.33. The Kier molecular flexibility index (Phi) is 4.36. The monoisotopic (exact) mass is 352 g/mol. The summed E-state index contributed by atoms with van der Waals surface area (Å²) in [5, 5.41) is 9.66. The van der Waals surface area contributed by atoms with Crippen molar-refractivity contribution in [3.05, 3.63) is 34.3 Å². The molecule has 4 heteroatoms. The molecule has 114 valence electrons. The Hall–Kier alpha value is -0.870. The maximum Gasteiger partial charge on any atom is 0.307 e. The highest BCUT2D eigenvalue weighted by Crippen LogP contribution is 2.46. The van der Waals surface area contributed by atoms with Gasteiger partial charge in [0.25, 0.3) is 0 Å². The van der Waals surface area contributed by atoms with Crippen molar-refractivity contribution < 1.29 is 14.6 Å². The number of carboxylic acids is 1. The molecular weight excluding hydrogens is 332 g/mol. The van der Waals surface area contributed by atoms with E-state index >= 15 is 0 Å². The lowest BCUT2D eigenvalue weighted by Crippen LogP contribution is -2.48. The maximum atomic E-state index is 11.8. The molecule has 1 aliphatic heterocycles. The second-order valence-electron chi connectivity index (χ2n) is 6.42. The molecule has 1 N–H and O–H groups in total. The highest BCUT2D eigenvalue weighted by Gasteiger charge is 2.45. The fourth-order valence-electron chi connectivity index (χ4n) is 3.70. The average molecular weight is 353 g/mol. The van der Waals surface area contributed by atoms with Gasteiger partial charge in [-0.3, -0.25) is 4.79 Å². The number of carboxylic acid groups (broad SMARTS) is 1. The molecular formula is C17H21BrO3. The van der Waals surface area contributed by atoms with Crippen LogP contribution in [0.5, 0.6) is 0 Å². The van der Waals surface area contributed by atoms with Crippen LogP contribution in [-0.4, -0.2) is 23.3 Å². The van der Waals surface area contributed by atoms with Gasteiger partial charge in [0, 0.05) is 11.1 Å². The van der Waals surface area contributed by atoms with Crippen LogP contribution in [0.15, 0.2) is 28.7 Å². The summed E-state index contributed by atoms with van der Waals surface area (Å²) in [6.07, 6.45) is 5.82. The van der Waals surface area contributed by atoms with Gasteiger partial charge in [-0.15, -0.1) is 0 Å². The summed E-state index contributed by atoms with van der Waals surface area (Å²) in [6.45, 7) is 0.715. The molecule has 1 saturated heterocycles. The molecule has 0 aromatic heterocycles. The Morgan fingerprint density at radius 1 is 1.48 bits per heavy atom. The number of hydrogen-bond acceptors (Lipinski definition) is 2. The first kappa shape index (κ1) is 15.0. The van der Waals surface area contributed by atoms with E-state index in [2.05, 4.69) is 15.9 Å². The van der Waals surface area contributed by atoms with Crippen molar-refractivity contribution >= 4 is 21.9 Å². The van der Waals surface area contributed by atoms with E-state index in [1.807, 2.05) is 24.3 Å². The van der Waals surface area contributed by atoms with Crippen LogP contribution in [0.25, 0.3) is 0 Å². The molecule has 0 radical (unpaired) electrons. The molecule has 2 fully saturated rings. The second kappa shape index (κ2) is 6.09. The van der Waals surface area contributed by atoms with Crippen molar-refractivity contribution in [2.75, 3.05) is 6.61 Å². The molecule has 2 atom stereocenters. The zero-order chi connectivity index (χ0) is 14.9. The van der Waals surface area contributed by atoms with Crippen molar-refractivity contribution in [3.63, 3.8) is 0 Å². The molecule has 3 nitrogen and oxygen atoms in total. The zero-order valence-corrected chi connectivity index (χ0v) is 13.6. The third-order valence-electron chi connectivity index (χ3n) is 5.03. The van der Waals surface area contributed by atoms with Gasteiger partial charge in [-0.05, 0) is 62.1 Å². The smallest absolute Gasteiger partial charge is 0.307 e. The topological polar surface area (TPSA) is 46.5 Å². The summed E-state index contributed by atoms with van der Waals surface area (Å²) < 4.78 is 6.94. The molecule has 1 aromatic rings. The van der Waals surface area contributed by atoms with Crippen molar-refractivity contribution in [3.8, 4) is 0 Å². The first-order valence-electron chi connectivity index (χ1n) is 7.69. The molecule has 0 bridgehead atoms. The van der Waals surface area contributed by atoms with E-state index in [4.69, 9.17) is 4.74 Å². The van der Waals surface area contributed by atoms with Crippen LogP contribution in [0.3, 0.4) is 0 Å². The van der Waals surface area contributed by atoms with Gasteiger partial charge in [-0.2, -0.15) is 0 Å². The van der Waals surface area contributed by atoms with E-state index in [9.17, 15) is 9.90 Å². The highest BCUT2D eigenvalue weighted by molar-refractivity contribution is 9.10. The van der Waals surface area contributed by atoms with Crippen molar-refractivity contribution in [2.24, 2.45) is 11.8 Å². The summed E-state index contributed by atoms with van der Waals surface area (Å²) >= 11 is 3.46. The number of aliphatic carboxylic acids is 1. The van der Waals surface area contributed by atoms with Crippen LogP contribution in [0.4, 0.5) is 0 Å². The van der Waals surface area contributed by atoms with Crippen LogP contribution >= 0.6 is 15.9 Å². The number of rotatable bonds is 4. The van der Waals surface area contributed by atoms with Crippen molar-refractivity contribution in [1.82, 2.24) is 0 Å². The molecule has 1 aliphatic carbocycles. The Morgan fingerprint density at radius 3 is 2.90 bits per heavy atom. The molecule has 1 spiro atoms. The van der Waals surface area contributed by atoms with Gasteiger partial charge < -0.3 is 9.84 Å². The third-order valence-corrected chi connectivity index (χ3v) is 5.52. The van der Waals surface area contributed by atoms with E-state index in [0.717, 1.165) is 35.7 Å². The van der Waals surface area contributed by atoms with Gasteiger partial charge in [0.15, 0.2) is 0 Å². The molecule has 21 heavy (non-hydrogen) atoms. The van der Waals surface area contributed by atoms with Crippen molar-refractivity contribution in [1.29, 1.82) is 0 Å². The Bertz CT molecular complexity index is 525. The SMILES string of the molecule is O=C(O)C(Cc1cccc(Br)c1)C1CCOC2(CCC2)C1. The fraction of sp³-hybridized carbons (Fsp3) is 0.588. The molecule has 2 unspecified atom stereocenters. The van der Waals surface area contributed by atoms with Gasteiger partial charge in [0.05, 0.1) is 11.5 Å². The van der Waals surface area contributed by atoms with Gasteiger partial charge in [0.2, 0.25) is 0 Å². The van der Waals surface area contributed by atoms with Crippen LogP contribution in [-0.2, 0) is 16.0 Å². The Morgan fingerprint density at radius 2 is 2.29 bits per heavy atom. The highest BCUT2D eigenvalue weighted by atomic mass is 79.9. The minimum Gasteiger partial charge on any atom is -0.481 e. The average Bonchev–Trinajstić information content (AvgIpc) is 2.43. The zero-order valence-electron chi connectivity index (χ0n) is 12.1. The van der Waals surface area contributed by atoms with Crippen LogP contribution in [0.1, 0.15) is 37.7 Å². The minimum atomic E-state index is -0.670. The number of carbonyl (C=O) groups is 1. The van der Waals surface area contributed by atoms with Gasteiger partial charge in [-0.25, -0.2) is 0 Å². The molecule has 1 saturated carbocycles. The lowest BCUT2D eigenvalue weighted by atomic mass is 9.68. The minimum absolute atomic E-state index is 0.00783.